The van der Waals surface area contributed by atoms with E-state index in [-0.39, 0.29) is 39.7 Å². The number of carbonyl (C=O) groups excluding carboxylic acids is 2. The van der Waals surface area contributed by atoms with Crippen molar-refractivity contribution in [3.05, 3.63) is 57.6 Å². The van der Waals surface area contributed by atoms with Crippen LogP contribution in [0.25, 0.3) is 0 Å². The highest BCUT2D eigenvalue weighted by molar-refractivity contribution is 6.39. The van der Waals surface area contributed by atoms with Gasteiger partial charge >= 0.3 is 0 Å². The van der Waals surface area contributed by atoms with Crippen LogP contribution in [0.4, 0.5) is 0 Å². The molecule has 3 rings (SSSR count). The molecule has 168 valence electrons. The third kappa shape index (κ3) is 5.18. The van der Waals surface area contributed by atoms with Gasteiger partial charge in [0.25, 0.3) is 11.8 Å². The van der Waals surface area contributed by atoms with Gasteiger partial charge in [0.15, 0.2) is 11.5 Å². The van der Waals surface area contributed by atoms with E-state index in [1.54, 1.807) is 7.05 Å². The van der Waals surface area contributed by atoms with Gasteiger partial charge in [-0.05, 0) is 31.0 Å². The van der Waals surface area contributed by atoms with Crippen LogP contribution < -0.4 is 15.8 Å². The van der Waals surface area contributed by atoms with E-state index in [1.165, 1.54) is 11.0 Å². The molecule has 7 nitrogen and oxygen atoms in total. The molecule has 0 saturated carbocycles. The van der Waals surface area contributed by atoms with Crippen molar-refractivity contribution in [1.82, 2.24) is 10.2 Å². The third-order valence-electron chi connectivity index (χ3n) is 5.04. The van der Waals surface area contributed by atoms with E-state index in [4.69, 9.17) is 33.7 Å². The van der Waals surface area contributed by atoms with Crippen molar-refractivity contribution in [2.24, 2.45) is 5.73 Å². The topological polar surface area (TPSA) is 105 Å². The molecule has 1 heterocycles. The number of benzene rings is 2. The molecule has 1 atom stereocenters. The number of phenolic OH excluding ortho intramolecular Hbond substituents is 1. The number of nitrogens with zero attached hydrogens (tertiary/aromatic N) is 1. The Morgan fingerprint density at radius 3 is 2.48 bits per heavy atom. The predicted octanol–water partition coefficient (Wildman–Crippen LogP) is 3.38. The fraction of sp³-hybridized carbons (Fsp3) is 0.333. The van der Waals surface area contributed by atoms with E-state index in [2.05, 4.69) is 5.32 Å². The maximum Gasteiger partial charge on any atom is 0.271 e. The summed E-state index contributed by atoms with van der Waals surface area (Å²) in [4.78, 5) is 26.7. The number of hydrogen-bond donors (Lipinski definition) is 3. The van der Waals surface area contributed by atoms with Gasteiger partial charge in [0, 0.05) is 13.5 Å². The van der Waals surface area contributed by atoms with Gasteiger partial charge in [0.2, 0.25) is 5.66 Å². The molecule has 0 aliphatic carbocycles. The minimum atomic E-state index is -1.18. The molecular formula is C21H24Cl3N3O4. The minimum absolute atomic E-state index is 0. The van der Waals surface area contributed by atoms with Crippen LogP contribution in [0.5, 0.6) is 11.5 Å². The lowest BCUT2D eigenvalue weighted by Crippen LogP contribution is -2.43. The van der Waals surface area contributed by atoms with Gasteiger partial charge in [-0.15, -0.1) is 12.4 Å². The van der Waals surface area contributed by atoms with Crippen LogP contribution in [-0.4, -0.2) is 47.7 Å². The molecule has 0 unspecified atom stereocenters. The molecule has 1 aliphatic rings. The Kier molecular flexibility index (Phi) is 8.42. The van der Waals surface area contributed by atoms with Crippen LogP contribution in [0.2, 0.25) is 10.0 Å². The highest BCUT2D eigenvalue weighted by atomic mass is 35.5. The number of halogens is 3. The van der Waals surface area contributed by atoms with E-state index < -0.39 is 17.3 Å². The Hall–Kier alpha value is -2.19. The van der Waals surface area contributed by atoms with Crippen molar-refractivity contribution in [3.8, 4) is 11.5 Å². The van der Waals surface area contributed by atoms with Crippen molar-refractivity contribution in [1.29, 1.82) is 0 Å². The number of nitrogens with two attached hydrogens (primary N) is 1. The van der Waals surface area contributed by atoms with E-state index >= 15 is 0 Å². The summed E-state index contributed by atoms with van der Waals surface area (Å²) in [5, 5.41) is 13.1. The first-order valence-electron chi connectivity index (χ1n) is 9.50. The number of carbonyl (C=O) groups is 2. The van der Waals surface area contributed by atoms with Crippen molar-refractivity contribution in [3.63, 3.8) is 0 Å². The van der Waals surface area contributed by atoms with Crippen molar-refractivity contribution < 1.29 is 19.4 Å². The zero-order chi connectivity index (χ0) is 21.9. The number of ether oxygens (including phenoxy) is 1. The van der Waals surface area contributed by atoms with E-state index in [0.29, 0.717) is 26.0 Å². The van der Waals surface area contributed by atoms with Crippen molar-refractivity contribution >= 4 is 47.4 Å². The number of nitrogens with one attached hydrogen (secondary N) is 1. The molecule has 10 heteroatoms. The molecule has 0 spiro atoms. The SMILES string of the molecule is CN1C(=O)[C@@]1(Cc1ccccc1)NC(=O)c1cc(Cl)c(OCCCCN)c(Cl)c1O.Cl. The van der Waals surface area contributed by atoms with Crippen LogP contribution in [0, 0.1) is 0 Å². The molecular weight excluding hydrogens is 465 g/mol. The number of amides is 2. The number of phenols is 1. The molecule has 1 aliphatic heterocycles. The minimum Gasteiger partial charge on any atom is -0.505 e. The van der Waals surface area contributed by atoms with Crippen LogP contribution in [0.3, 0.4) is 0 Å². The van der Waals surface area contributed by atoms with Gasteiger partial charge < -0.3 is 25.8 Å². The lowest BCUT2D eigenvalue weighted by Gasteiger charge is -2.18. The molecule has 2 aromatic rings. The highest BCUT2D eigenvalue weighted by Gasteiger charge is 2.61. The fourth-order valence-corrected chi connectivity index (χ4v) is 3.78. The summed E-state index contributed by atoms with van der Waals surface area (Å²) < 4.78 is 5.54. The molecule has 0 aromatic heterocycles. The van der Waals surface area contributed by atoms with E-state index in [1.807, 2.05) is 30.3 Å². The largest absolute Gasteiger partial charge is 0.505 e. The van der Waals surface area contributed by atoms with Crippen LogP contribution >= 0.6 is 35.6 Å². The summed E-state index contributed by atoms with van der Waals surface area (Å²) in [6.45, 7) is 0.855. The monoisotopic (exact) mass is 487 g/mol. The van der Waals surface area contributed by atoms with Gasteiger partial charge in [0.1, 0.15) is 5.02 Å². The van der Waals surface area contributed by atoms with Crippen LogP contribution in [0.1, 0.15) is 28.8 Å². The molecule has 0 radical (unpaired) electrons. The Morgan fingerprint density at radius 2 is 1.90 bits per heavy atom. The van der Waals surface area contributed by atoms with E-state index in [0.717, 1.165) is 12.0 Å². The summed E-state index contributed by atoms with van der Waals surface area (Å²) in [6.07, 6.45) is 1.76. The van der Waals surface area contributed by atoms with Gasteiger partial charge in [-0.25, -0.2) is 0 Å². The summed E-state index contributed by atoms with van der Waals surface area (Å²) in [6, 6.07) is 10.6. The summed E-state index contributed by atoms with van der Waals surface area (Å²) in [7, 11) is 1.60. The smallest absolute Gasteiger partial charge is 0.271 e. The van der Waals surface area contributed by atoms with Crippen LogP contribution in [-0.2, 0) is 11.2 Å². The van der Waals surface area contributed by atoms with Gasteiger partial charge in [-0.3, -0.25) is 9.59 Å². The second kappa shape index (κ2) is 10.4. The molecule has 31 heavy (non-hydrogen) atoms. The normalized spacial score (nSPS) is 17.2. The second-order valence-electron chi connectivity index (χ2n) is 7.08. The number of likely N-dealkylation sites (N-methyl/N-ethyl adjacent to an activating group) is 1. The second-order valence-corrected chi connectivity index (χ2v) is 7.87. The average Bonchev–Trinajstić information content (AvgIpc) is 3.22. The maximum atomic E-state index is 12.9. The van der Waals surface area contributed by atoms with Gasteiger partial charge in [-0.1, -0.05) is 53.5 Å². The number of aromatic hydroxyl groups is 1. The molecule has 4 N–H and O–H groups in total. The first kappa shape index (κ1) is 25.1. The maximum absolute atomic E-state index is 12.9. The number of hydrogen-bond acceptors (Lipinski definition) is 5. The average molecular weight is 489 g/mol. The Morgan fingerprint density at radius 1 is 1.26 bits per heavy atom. The lowest BCUT2D eigenvalue weighted by molar-refractivity contribution is -0.114. The molecule has 1 fully saturated rings. The van der Waals surface area contributed by atoms with Crippen molar-refractivity contribution in [2.45, 2.75) is 24.9 Å². The van der Waals surface area contributed by atoms with Gasteiger partial charge in [-0.2, -0.15) is 0 Å². The third-order valence-corrected chi connectivity index (χ3v) is 5.68. The zero-order valence-electron chi connectivity index (χ0n) is 16.9. The summed E-state index contributed by atoms with van der Waals surface area (Å²) in [5.74, 6) is -1.25. The lowest BCUT2D eigenvalue weighted by atomic mass is 10.0. The van der Waals surface area contributed by atoms with E-state index in [9.17, 15) is 14.7 Å². The molecule has 2 amide bonds. The Balaban J connectivity index is 0.00000341. The molecule has 2 aromatic carbocycles. The van der Waals surface area contributed by atoms with Crippen LogP contribution in [0.15, 0.2) is 36.4 Å². The van der Waals surface area contributed by atoms with Gasteiger partial charge in [0.05, 0.1) is 17.2 Å². The summed E-state index contributed by atoms with van der Waals surface area (Å²) >= 11 is 12.4. The first-order valence-corrected chi connectivity index (χ1v) is 10.3. The Bertz CT molecular complexity index is 959. The predicted molar refractivity (Wildman–Crippen MR) is 122 cm³/mol. The standard InChI is InChI=1S/C21H23Cl2N3O4.ClH/c1-26-20(29)21(26,12-13-7-3-2-4-8-13)25-19(28)14-11-15(22)18(16(23)17(14)27)30-10-6-5-9-24;/h2-4,7-8,11,27H,5-6,9-10,12,24H2,1H3,(H,25,28);1H/t21-,26?;/m0./s1. The Labute approximate surface area is 196 Å². The fourth-order valence-electron chi connectivity index (χ4n) is 3.22. The zero-order valence-corrected chi connectivity index (χ0v) is 19.2. The first-order chi connectivity index (χ1) is 14.3. The quantitative estimate of drug-likeness (QED) is 0.371. The summed E-state index contributed by atoms with van der Waals surface area (Å²) in [5.41, 5.74) is 5.02. The number of unbranched alkanes of at least 4 members (excludes halogenated alkanes) is 1. The van der Waals surface area contributed by atoms with Crippen molar-refractivity contribution in [2.75, 3.05) is 20.2 Å². The molecule has 0 bridgehead atoms. The highest BCUT2D eigenvalue weighted by Crippen LogP contribution is 2.42. The number of rotatable bonds is 9. The molecule has 1 saturated heterocycles.